The fraction of sp³-hybridized carbons (Fsp3) is 0.200. The molecule has 2 amide bonds. The zero-order chi connectivity index (χ0) is 25.8. The summed E-state index contributed by atoms with van der Waals surface area (Å²) < 4.78 is 26.2. The maximum atomic E-state index is 12.9. The smallest absolute Gasteiger partial charge is 0.255 e. The van der Waals surface area contributed by atoms with Crippen molar-refractivity contribution in [3.8, 4) is 0 Å². The Bertz CT molecular complexity index is 1320. The molecule has 0 unspecified atom stereocenters. The lowest BCUT2D eigenvalue weighted by Crippen LogP contribution is -2.31. The van der Waals surface area contributed by atoms with Gasteiger partial charge >= 0.3 is 0 Å². The summed E-state index contributed by atoms with van der Waals surface area (Å²) in [5.74, 6) is -0.741. The molecule has 0 saturated carbocycles. The maximum Gasteiger partial charge on any atom is 0.255 e. The van der Waals surface area contributed by atoms with E-state index in [0.29, 0.717) is 32.5 Å². The molecular formula is C25H25Cl2N3O4S. The van der Waals surface area contributed by atoms with Crippen LogP contribution in [0.25, 0.3) is 0 Å². The molecule has 0 fully saturated rings. The van der Waals surface area contributed by atoms with E-state index in [2.05, 4.69) is 10.6 Å². The predicted molar refractivity (Wildman–Crippen MR) is 141 cm³/mol. The molecule has 0 atom stereocenters. The molecule has 0 aliphatic carbocycles. The van der Waals surface area contributed by atoms with Crippen molar-refractivity contribution >= 4 is 56.4 Å². The number of nitrogens with zero attached hydrogens (tertiary/aromatic N) is 1. The van der Waals surface area contributed by atoms with Crippen molar-refractivity contribution in [2.24, 2.45) is 0 Å². The number of nitrogens with one attached hydrogen (secondary N) is 2. The van der Waals surface area contributed by atoms with E-state index in [4.69, 9.17) is 23.2 Å². The monoisotopic (exact) mass is 533 g/mol. The first kappa shape index (κ1) is 26.5. The molecule has 3 aromatic rings. The Balaban J connectivity index is 1.84. The molecule has 2 N–H and O–H groups in total. The summed E-state index contributed by atoms with van der Waals surface area (Å²) in [5, 5.41) is 6.25. The number of carbonyl (C=O) groups excluding carboxylic acids is 2. The molecule has 0 heterocycles. The van der Waals surface area contributed by atoms with E-state index in [1.165, 1.54) is 24.3 Å². The lowest BCUT2D eigenvalue weighted by molar-refractivity contribution is 0.0944. The van der Waals surface area contributed by atoms with Gasteiger partial charge in [0.05, 0.1) is 29.7 Å². The van der Waals surface area contributed by atoms with E-state index in [9.17, 15) is 18.0 Å². The highest BCUT2D eigenvalue weighted by atomic mass is 35.5. The van der Waals surface area contributed by atoms with Gasteiger partial charge < -0.3 is 10.6 Å². The van der Waals surface area contributed by atoms with Crippen LogP contribution in [0.15, 0.2) is 66.7 Å². The number of carbonyl (C=O) groups is 2. The third-order valence-electron chi connectivity index (χ3n) is 5.02. The number of halogens is 2. The summed E-state index contributed by atoms with van der Waals surface area (Å²) in [6.45, 7) is 3.63. The summed E-state index contributed by atoms with van der Waals surface area (Å²) >= 11 is 12.5. The second-order valence-corrected chi connectivity index (χ2v) is 10.9. The zero-order valence-electron chi connectivity index (χ0n) is 19.4. The van der Waals surface area contributed by atoms with Gasteiger partial charge in [0.1, 0.15) is 0 Å². The predicted octanol–water partition coefficient (Wildman–Crippen LogP) is 5.35. The van der Waals surface area contributed by atoms with Crippen LogP contribution in [0.5, 0.6) is 0 Å². The van der Waals surface area contributed by atoms with Gasteiger partial charge in [-0.1, -0.05) is 41.4 Å². The largest absolute Gasteiger partial charge is 0.350 e. The number of hydrogen-bond donors (Lipinski definition) is 2. The second-order valence-electron chi connectivity index (χ2n) is 8.14. The van der Waals surface area contributed by atoms with E-state index >= 15 is 0 Å². The molecule has 0 radical (unpaired) electrons. The van der Waals surface area contributed by atoms with Crippen molar-refractivity contribution in [3.63, 3.8) is 0 Å². The summed E-state index contributed by atoms with van der Waals surface area (Å²) in [7, 11) is -3.69. The Morgan fingerprint density at radius 3 is 2.06 bits per heavy atom. The number of sulfonamides is 1. The topological polar surface area (TPSA) is 95.6 Å². The first-order valence-electron chi connectivity index (χ1n) is 10.7. The van der Waals surface area contributed by atoms with Crippen LogP contribution < -0.4 is 14.9 Å². The number of anilines is 2. The minimum absolute atomic E-state index is 0.0581. The zero-order valence-corrected chi connectivity index (χ0v) is 21.7. The SMILES string of the molecule is CC(C)NC(=O)c1ccccc1NC(=O)c1ccc(N(Cc2c(Cl)cccc2Cl)S(C)(=O)=O)cc1. The molecule has 0 spiro atoms. The van der Waals surface area contributed by atoms with Gasteiger partial charge in [0, 0.05) is 27.2 Å². The van der Waals surface area contributed by atoms with Crippen LogP contribution >= 0.6 is 23.2 Å². The van der Waals surface area contributed by atoms with Crippen molar-refractivity contribution in [1.82, 2.24) is 5.32 Å². The number of benzene rings is 3. The highest BCUT2D eigenvalue weighted by Crippen LogP contribution is 2.29. The van der Waals surface area contributed by atoms with E-state index < -0.39 is 15.9 Å². The number of amides is 2. The average Bonchev–Trinajstić information content (AvgIpc) is 2.78. The lowest BCUT2D eigenvalue weighted by atomic mass is 10.1. The number of hydrogen-bond acceptors (Lipinski definition) is 4. The van der Waals surface area contributed by atoms with E-state index in [1.54, 1.807) is 42.5 Å². The Kier molecular flexibility index (Phi) is 8.43. The standard InChI is InChI=1S/C25H25Cl2N3O4S/c1-16(2)28-25(32)19-7-4-5-10-23(19)29-24(31)17-11-13-18(14-12-17)30(35(3,33)34)15-20-21(26)8-6-9-22(20)27/h4-14,16H,15H2,1-3H3,(H,28,32)(H,29,31). The van der Waals surface area contributed by atoms with Gasteiger partial charge in [0.15, 0.2) is 0 Å². The maximum absolute atomic E-state index is 12.9. The first-order chi connectivity index (χ1) is 16.5. The van der Waals surface area contributed by atoms with Crippen LogP contribution in [0.3, 0.4) is 0 Å². The average molecular weight is 534 g/mol. The molecule has 3 aromatic carbocycles. The van der Waals surface area contributed by atoms with E-state index in [-0.39, 0.29) is 24.1 Å². The first-order valence-corrected chi connectivity index (χ1v) is 13.3. The van der Waals surface area contributed by atoms with Crippen molar-refractivity contribution < 1.29 is 18.0 Å². The van der Waals surface area contributed by atoms with Crippen LogP contribution in [0, 0.1) is 0 Å². The molecule has 0 bridgehead atoms. The van der Waals surface area contributed by atoms with Gasteiger partial charge in [-0.3, -0.25) is 13.9 Å². The van der Waals surface area contributed by atoms with Gasteiger partial charge in [0.25, 0.3) is 11.8 Å². The molecule has 10 heteroatoms. The summed E-state index contributed by atoms with van der Waals surface area (Å²) in [5.41, 5.74) is 1.81. The fourth-order valence-electron chi connectivity index (χ4n) is 3.33. The highest BCUT2D eigenvalue weighted by Gasteiger charge is 2.21. The van der Waals surface area contributed by atoms with Crippen molar-refractivity contribution in [1.29, 1.82) is 0 Å². The molecular weight excluding hydrogens is 509 g/mol. The summed E-state index contributed by atoms with van der Waals surface area (Å²) in [6.07, 6.45) is 1.08. The third kappa shape index (κ3) is 6.75. The molecule has 0 aromatic heterocycles. The van der Waals surface area contributed by atoms with Crippen molar-refractivity contribution in [3.05, 3.63) is 93.5 Å². The van der Waals surface area contributed by atoms with Gasteiger partial charge in [-0.05, 0) is 62.4 Å². The Hall–Kier alpha value is -3.07. The minimum atomic E-state index is -3.69. The lowest BCUT2D eigenvalue weighted by Gasteiger charge is -2.23. The highest BCUT2D eigenvalue weighted by molar-refractivity contribution is 7.92. The molecule has 0 saturated heterocycles. The van der Waals surface area contributed by atoms with Crippen molar-refractivity contribution in [2.45, 2.75) is 26.4 Å². The normalized spacial score (nSPS) is 11.3. The van der Waals surface area contributed by atoms with E-state index in [1.807, 2.05) is 13.8 Å². The van der Waals surface area contributed by atoms with Crippen LogP contribution in [0.2, 0.25) is 10.0 Å². The Morgan fingerprint density at radius 2 is 1.49 bits per heavy atom. The van der Waals surface area contributed by atoms with Gasteiger partial charge in [0.2, 0.25) is 10.0 Å². The number of para-hydroxylation sites is 1. The van der Waals surface area contributed by atoms with Crippen LogP contribution in [0.4, 0.5) is 11.4 Å². The molecule has 0 aliphatic heterocycles. The third-order valence-corrected chi connectivity index (χ3v) is 6.87. The van der Waals surface area contributed by atoms with E-state index in [0.717, 1.165) is 10.6 Å². The fourth-order valence-corrected chi connectivity index (χ4v) is 4.72. The van der Waals surface area contributed by atoms with Gasteiger partial charge in [-0.15, -0.1) is 0 Å². The molecule has 7 nitrogen and oxygen atoms in total. The van der Waals surface area contributed by atoms with Crippen LogP contribution in [-0.4, -0.2) is 32.5 Å². The molecule has 3 rings (SSSR count). The molecule has 0 aliphatic rings. The Labute approximate surface area is 215 Å². The quantitative estimate of drug-likeness (QED) is 0.407. The minimum Gasteiger partial charge on any atom is -0.350 e. The number of rotatable bonds is 8. The molecule has 35 heavy (non-hydrogen) atoms. The van der Waals surface area contributed by atoms with Crippen molar-refractivity contribution in [2.75, 3.05) is 15.9 Å². The second kappa shape index (κ2) is 11.1. The Morgan fingerprint density at radius 1 is 0.886 bits per heavy atom. The summed E-state index contributed by atoms with van der Waals surface area (Å²) in [4.78, 5) is 25.3. The summed E-state index contributed by atoms with van der Waals surface area (Å²) in [6, 6.07) is 17.7. The van der Waals surface area contributed by atoms with Crippen LogP contribution in [-0.2, 0) is 16.6 Å². The molecule has 184 valence electrons. The van der Waals surface area contributed by atoms with Crippen LogP contribution in [0.1, 0.15) is 40.1 Å². The van der Waals surface area contributed by atoms with Gasteiger partial charge in [-0.2, -0.15) is 0 Å². The van der Waals surface area contributed by atoms with Gasteiger partial charge in [-0.25, -0.2) is 8.42 Å².